The number of urea groups is 1. The Labute approximate surface area is 122 Å². The molecule has 21 heavy (non-hydrogen) atoms. The highest BCUT2D eigenvalue weighted by Crippen LogP contribution is 2.22. The number of nitrogens with zero attached hydrogens (tertiary/aromatic N) is 2. The predicted molar refractivity (Wildman–Crippen MR) is 80.4 cm³/mol. The Bertz CT molecular complexity index is 640. The largest absolute Gasteiger partial charge is 0.399 e. The van der Waals surface area contributed by atoms with Gasteiger partial charge in [0.2, 0.25) is 0 Å². The number of carbonyl (C=O) groups excluding carboxylic acids is 1. The average Bonchev–Trinajstić information content (AvgIpc) is 2.84. The lowest BCUT2D eigenvalue weighted by molar-refractivity contribution is 0.219. The number of carbonyl (C=O) groups is 1. The zero-order valence-electron chi connectivity index (χ0n) is 11.5. The fraction of sp³-hybridized carbons (Fsp3) is 0.188. The van der Waals surface area contributed by atoms with Gasteiger partial charge in [-0.1, -0.05) is 12.1 Å². The van der Waals surface area contributed by atoms with Gasteiger partial charge in [0.05, 0.1) is 0 Å². The van der Waals surface area contributed by atoms with Gasteiger partial charge < -0.3 is 10.6 Å². The highest BCUT2D eigenvalue weighted by atomic mass is 19.1. The van der Waals surface area contributed by atoms with Crippen LogP contribution in [0.4, 0.5) is 20.6 Å². The maximum atomic E-state index is 12.9. The molecule has 2 aromatic rings. The molecule has 0 aromatic heterocycles. The fourth-order valence-electron chi connectivity index (χ4n) is 2.43. The standard InChI is InChI=1S/C16H16FN3O/c17-13-3-1-12(2-4-13)11-19-9-10-20(16(19)21)15-7-5-14(18)6-8-15/h1-8H,9-11,18H2. The fourth-order valence-corrected chi connectivity index (χ4v) is 2.43. The van der Waals surface area contributed by atoms with Gasteiger partial charge in [-0.15, -0.1) is 0 Å². The number of nitrogens with two attached hydrogens (primary N) is 1. The average molecular weight is 285 g/mol. The molecule has 0 bridgehead atoms. The van der Waals surface area contributed by atoms with Crippen molar-refractivity contribution in [2.75, 3.05) is 23.7 Å². The Morgan fingerprint density at radius 1 is 1.00 bits per heavy atom. The first-order valence-electron chi connectivity index (χ1n) is 6.80. The van der Waals surface area contributed by atoms with Crippen LogP contribution in [0.1, 0.15) is 5.56 Å². The molecule has 0 radical (unpaired) electrons. The number of hydrogen-bond donors (Lipinski definition) is 1. The topological polar surface area (TPSA) is 49.6 Å². The van der Waals surface area contributed by atoms with Gasteiger partial charge in [-0.2, -0.15) is 0 Å². The molecular weight excluding hydrogens is 269 g/mol. The SMILES string of the molecule is Nc1ccc(N2CCN(Cc3ccc(F)cc3)C2=O)cc1. The van der Waals surface area contributed by atoms with Crippen molar-refractivity contribution in [3.8, 4) is 0 Å². The molecule has 1 aliphatic rings. The summed E-state index contributed by atoms with van der Waals surface area (Å²) < 4.78 is 12.9. The lowest BCUT2D eigenvalue weighted by Gasteiger charge is -2.19. The second-order valence-electron chi connectivity index (χ2n) is 5.07. The van der Waals surface area contributed by atoms with E-state index in [1.807, 2.05) is 12.1 Å². The molecule has 1 aliphatic heterocycles. The minimum atomic E-state index is -0.269. The van der Waals surface area contributed by atoms with Crippen LogP contribution in [0.25, 0.3) is 0 Å². The first kappa shape index (κ1) is 13.4. The maximum absolute atomic E-state index is 12.9. The third kappa shape index (κ3) is 2.81. The van der Waals surface area contributed by atoms with Gasteiger partial charge in [0.25, 0.3) is 0 Å². The highest BCUT2D eigenvalue weighted by Gasteiger charge is 2.29. The minimum Gasteiger partial charge on any atom is -0.399 e. The molecule has 5 heteroatoms. The molecule has 2 aromatic carbocycles. The van der Waals surface area contributed by atoms with E-state index in [1.165, 1.54) is 12.1 Å². The molecule has 1 saturated heterocycles. The molecule has 0 aliphatic carbocycles. The van der Waals surface area contributed by atoms with Crippen LogP contribution in [0.15, 0.2) is 48.5 Å². The molecule has 0 atom stereocenters. The zero-order chi connectivity index (χ0) is 14.8. The molecule has 0 spiro atoms. The van der Waals surface area contributed by atoms with Crippen LogP contribution in [0.2, 0.25) is 0 Å². The van der Waals surface area contributed by atoms with Gasteiger partial charge in [0.1, 0.15) is 5.82 Å². The second-order valence-corrected chi connectivity index (χ2v) is 5.07. The van der Waals surface area contributed by atoms with Crippen LogP contribution in [-0.4, -0.2) is 24.0 Å². The zero-order valence-corrected chi connectivity index (χ0v) is 11.5. The number of benzene rings is 2. The van der Waals surface area contributed by atoms with Crippen molar-refractivity contribution < 1.29 is 9.18 Å². The van der Waals surface area contributed by atoms with Crippen LogP contribution >= 0.6 is 0 Å². The van der Waals surface area contributed by atoms with E-state index >= 15 is 0 Å². The number of anilines is 2. The molecule has 3 rings (SSSR count). The summed E-state index contributed by atoms with van der Waals surface area (Å²) in [6.45, 7) is 1.79. The highest BCUT2D eigenvalue weighted by molar-refractivity contribution is 5.94. The second kappa shape index (κ2) is 5.44. The van der Waals surface area contributed by atoms with Crippen molar-refractivity contribution in [3.63, 3.8) is 0 Å². The van der Waals surface area contributed by atoms with E-state index in [1.54, 1.807) is 34.1 Å². The van der Waals surface area contributed by atoms with E-state index in [4.69, 9.17) is 5.73 Å². The van der Waals surface area contributed by atoms with Gasteiger partial charge in [-0.25, -0.2) is 9.18 Å². The van der Waals surface area contributed by atoms with Gasteiger partial charge in [0.15, 0.2) is 0 Å². The van der Waals surface area contributed by atoms with Crippen LogP contribution < -0.4 is 10.6 Å². The van der Waals surface area contributed by atoms with E-state index < -0.39 is 0 Å². The molecule has 1 heterocycles. The maximum Gasteiger partial charge on any atom is 0.324 e. The van der Waals surface area contributed by atoms with Gasteiger partial charge in [-0.05, 0) is 42.0 Å². The summed E-state index contributed by atoms with van der Waals surface area (Å²) in [6, 6.07) is 13.4. The van der Waals surface area contributed by atoms with E-state index in [0.29, 0.717) is 25.3 Å². The summed E-state index contributed by atoms with van der Waals surface area (Å²) in [5, 5.41) is 0. The molecule has 4 nitrogen and oxygen atoms in total. The molecule has 2 N–H and O–H groups in total. The molecule has 0 saturated carbocycles. The number of nitrogen functional groups attached to an aromatic ring is 1. The number of halogens is 1. The molecule has 2 amide bonds. The first-order valence-corrected chi connectivity index (χ1v) is 6.80. The Morgan fingerprint density at radius 2 is 1.67 bits per heavy atom. The monoisotopic (exact) mass is 285 g/mol. The third-order valence-corrected chi connectivity index (χ3v) is 3.59. The third-order valence-electron chi connectivity index (χ3n) is 3.59. The quantitative estimate of drug-likeness (QED) is 0.882. The van der Waals surface area contributed by atoms with Crippen molar-refractivity contribution in [1.82, 2.24) is 4.90 Å². The minimum absolute atomic E-state index is 0.0379. The summed E-state index contributed by atoms with van der Waals surface area (Å²) in [4.78, 5) is 15.9. The number of rotatable bonds is 3. The molecule has 1 fully saturated rings. The number of amides is 2. The van der Waals surface area contributed by atoms with Crippen LogP contribution in [-0.2, 0) is 6.54 Å². The lowest BCUT2D eigenvalue weighted by atomic mass is 10.2. The van der Waals surface area contributed by atoms with E-state index in [-0.39, 0.29) is 11.8 Å². The first-order chi connectivity index (χ1) is 10.1. The Kier molecular flexibility index (Phi) is 3.48. The van der Waals surface area contributed by atoms with Crippen LogP contribution in [0.3, 0.4) is 0 Å². The summed E-state index contributed by atoms with van der Waals surface area (Å²) in [5.41, 5.74) is 8.10. The number of hydrogen-bond acceptors (Lipinski definition) is 2. The smallest absolute Gasteiger partial charge is 0.324 e. The van der Waals surface area contributed by atoms with Crippen molar-refractivity contribution in [1.29, 1.82) is 0 Å². The van der Waals surface area contributed by atoms with Gasteiger partial charge in [-0.3, -0.25) is 4.90 Å². The summed E-state index contributed by atoms with van der Waals surface area (Å²) >= 11 is 0. The Balaban J connectivity index is 1.71. The normalized spacial score (nSPS) is 14.8. The van der Waals surface area contributed by atoms with Crippen LogP contribution in [0.5, 0.6) is 0 Å². The Morgan fingerprint density at radius 3 is 2.33 bits per heavy atom. The summed E-state index contributed by atoms with van der Waals surface area (Å²) in [5.74, 6) is -0.269. The van der Waals surface area contributed by atoms with Crippen molar-refractivity contribution >= 4 is 17.4 Å². The predicted octanol–water partition coefficient (Wildman–Crippen LogP) is 2.85. The van der Waals surface area contributed by atoms with Crippen molar-refractivity contribution in [3.05, 3.63) is 59.9 Å². The molecular formula is C16H16FN3O. The van der Waals surface area contributed by atoms with E-state index in [9.17, 15) is 9.18 Å². The summed E-state index contributed by atoms with van der Waals surface area (Å²) in [6.07, 6.45) is 0. The van der Waals surface area contributed by atoms with Gasteiger partial charge >= 0.3 is 6.03 Å². The van der Waals surface area contributed by atoms with Crippen molar-refractivity contribution in [2.45, 2.75) is 6.54 Å². The van der Waals surface area contributed by atoms with E-state index in [0.717, 1.165) is 11.3 Å². The van der Waals surface area contributed by atoms with Crippen molar-refractivity contribution in [2.24, 2.45) is 0 Å². The lowest BCUT2D eigenvalue weighted by Crippen LogP contribution is -2.31. The summed E-state index contributed by atoms with van der Waals surface area (Å²) in [7, 11) is 0. The van der Waals surface area contributed by atoms with E-state index in [2.05, 4.69) is 0 Å². The molecule has 108 valence electrons. The Hall–Kier alpha value is -2.56. The van der Waals surface area contributed by atoms with Crippen LogP contribution in [0, 0.1) is 5.82 Å². The van der Waals surface area contributed by atoms with Gasteiger partial charge in [0, 0.05) is 31.0 Å². The molecule has 0 unspecified atom stereocenters.